The fourth-order valence-corrected chi connectivity index (χ4v) is 4.79. The van der Waals surface area contributed by atoms with Gasteiger partial charge in [0.25, 0.3) is 0 Å². The van der Waals surface area contributed by atoms with E-state index in [9.17, 15) is 0 Å². The minimum Gasteiger partial charge on any atom is -0.493 e. The molecule has 0 bridgehead atoms. The Hall–Kier alpha value is -2.00. The molecule has 0 saturated heterocycles. The molecular formula is C34H54O3. The molecule has 0 aromatic heterocycles. The number of hydrogen-bond acceptors (Lipinski definition) is 3. The number of para-hydroxylation sites is 2. The third-order valence-electron chi connectivity index (χ3n) is 7.05. The molecular weight excluding hydrogens is 456 g/mol. The topological polar surface area (TPSA) is 27.7 Å². The third kappa shape index (κ3) is 16.5. The molecule has 208 valence electrons. The molecule has 0 aliphatic rings. The first kappa shape index (κ1) is 31.2. The van der Waals surface area contributed by atoms with Gasteiger partial charge in [0.15, 0.2) is 0 Å². The summed E-state index contributed by atoms with van der Waals surface area (Å²) < 4.78 is 18.9. The zero-order valence-corrected chi connectivity index (χ0v) is 23.9. The van der Waals surface area contributed by atoms with Crippen LogP contribution in [0, 0.1) is 0 Å². The third-order valence-corrected chi connectivity index (χ3v) is 7.05. The van der Waals surface area contributed by atoms with E-state index in [1.807, 2.05) is 60.7 Å². The van der Waals surface area contributed by atoms with Gasteiger partial charge in [0, 0.05) is 12.8 Å². The molecule has 0 aliphatic heterocycles. The Labute approximate surface area is 228 Å². The van der Waals surface area contributed by atoms with E-state index in [2.05, 4.69) is 13.8 Å². The second-order valence-electron chi connectivity index (χ2n) is 10.4. The molecule has 0 fully saturated rings. The average molecular weight is 511 g/mol. The van der Waals surface area contributed by atoms with Gasteiger partial charge in [-0.25, -0.2) is 0 Å². The molecule has 2 rings (SSSR count). The van der Waals surface area contributed by atoms with Crippen molar-refractivity contribution >= 4 is 0 Å². The lowest BCUT2D eigenvalue weighted by Crippen LogP contribution is -2.26. The van der Waals surface area contributed by atoms with Crippen molar-refractivity contribution in [1.82, 2.24) is 0 Å². The van der Waals surface area contributed by atoms with Gasteiger partial charge in [0.05, 0.1) is 25.4 Å². The second-order valence-corrected chi connectivity index (χ2v) is 10.4. The molecule has 0 amide bonds. The van der Waals surface area contributed by atoms with E-state index in [1.54, 1.807) is 0 Å². The zero-order chi connectivity index (χ0) is 26.2. The maximum atomic E-state index is 6.82. The lowest BCUT2D eigenvalue weighted by molar-refractivity contribution is -0.0396. The Morgan fingerprint density at radius 3 is 1.24 bits per heavy atom. The predicted molar refractivity (Wildman–Crippen MR) is 158 cm³/mol. The highest BCUT2D eigenvalue weighted by molar-refractivity contribution is 5.21. The van der Waals surface area contributed by atoms with Gasteiger partial charge in [-0.15, -0.1) is 0 Å². The zero-order valence-electron chi connectivity index (χ0n) is 23.9. The van der Waals surface area contributed by atoms with Crippen molar-refractivity contribution in [1.29, 1.82) is 0 Å². The van der Waals surface area contributed by atoms with E-state index < -0.39 is 0 Å². The highest BCUT2D eigenvalue weighted by atomic mass is 16.5. The van der Waals surface area contributed by atoms with E-state index in [1.165, 1.54) is 77.0 Å². The SMILES string of the molecule is CCCCCCCCC(CCOc1ccccc1)OC(CCCCCCCC)CCOc1ccccc1. The predicted octanol–water partition coefficient (Wildman–Crippen LogP) is 10.2. The Morgan fingerprint density at radius 1 is 0.459 bits per heavy atom. The van der Waals surface area contributed by atoms with Gasteiger partial charge in [0.2, 0.25) is 0 Å². The lowest BCUT2D eigenvalue weighted by atomic mass is 10.0. The van der Waals surface area contributed by atoms with Gasteiger partial charge < -0.3 is 14.2 Å². The molecule has 0 heterocycles. The summed E-state index contributed by atoms with van der Waals surface area (Å²) >= 11 is 0. The monoisotopic (exact) mass is 510 g/mol. The van der Waals surface area contributed by atoms with Gasteiger partial charge in [-0.05, 0) is 37.1 Å². The van der Waals surface area contributed by atoms with Crippen molar-refractivity contribution in [3.8, 4) is 11.5 Å². The number of rotatable bonds is 24. The van der Waals surface area contributed by atoms with E-state index in [-0.39, 0.29) is 12.2 Å². The van der Waals surface area contributed by atoms with Gasteiger partial charge in [0.1, 0.15) is 11.5 Å². The van der Waals surface area contributed by atoms with Gasteiger partial charge in [-0.3, -0.25) is 0 Å². The highest BCUT2D eigenvalue weighted by Crippen LogP contribution is 2.21. The molecule has 2 aromatic carbocycles. The minimum absolute atomic E-state index is 0.247. The molecule has 2 unspecified atom stereocenters. The first-order chi connectivity index (χ1) is 18.3. The summed E-state index contributed by atoms with van der Waals surface area (Å²) in [7, 11) is 0. The van der Waals surface area contributed by atoms with Crippen molar-refractivity contribution in [2.24, 2.45) is 0 Å². The van der Waals surface area contributed by atoms with E-state index in [0.29, 0.717) is 13.2 Å². The Balaban J connectivity index is 1.87. The Kier molecular flexibility index (Phi) is 18.6. The molecule has 3 heteroatoms. The van der Waals surface area contributed by atoms with Crippen molar-refractivity contribution in [2.45, 2.75) is 129 Å². The van der Waals surface area contributed by atoms with Crippen LogP contribution in [0.4, 0.5) is 0 Å². The molecule has 37 heavy (non-hydrogen) atoms. The summed E-state index contributed by atoms with van der Waals surface area (Å²) in [6, 6.07) is 20.3. The summed E-state index contributed by atoms with van der Waals surface area (Å²) in [5, 5.41) is 0. The first-order valence-electron chi connectivity index (χ1n) is 15.3. The summed E-state index contributed by atoms with van der Waals surface area (Å²) in [5.74, 6) is 1.89. The highest BCUT2D eigenvalue weighted by Gasteiger charge is 2.17. The molecule has 2 aromatic rings. The molecule has 0 radical (unpaired) electrons. The Morgan fingerprint density at radius 2 is 0.838 bits per heavy atom. The number of benzene rings is 2. The number of hydrogen-bond donors (Lipinski definition) is 0. The van der Waals surface area contributed by atoms with Crippen molar-refractivity contribution < 1.29 is 14.2 Å². The van der Waals surface area contributed by atoms with Crippen LogP contribution in [0.1, 0.15) is 117 Å². The van der Waals surface area contributed by atoms with E-state index in [4.69, 9.17) is 14.2 Å². The van der Waals surface area contributed by atoms with Crippen molar-refractivity contribution in [2.75, 3.05) is 13.2 Å². The summed E-state index contributed by atoms with van der Waals surface area (Å²) in [5.41, 5.74) is 0. The van der Waals surface area contributed by atoms with Gasteiger partial charge >= 0.3 is 0 Å². The second kappa shape index (κ2) is 22.0. The smallest absolute Gasteiger partial charge is 0.119 e. The number of ether oxygens (including phenoxy) is 3. The minimum atomic E-state index is 0.247. The molecule has 3 nitrogen and oxygen atoms in total. The lowest BCUT2D eigenvalue weighted by Gasteiger charge is -2.26. The summed E-state index contributed by atoms with van der Waals surface area (Å²) in [6.07, 6.45) is 20.4. The number of unbranched alkanes of at least 4 members (excludes halogenated alkanes) is 10. The summed E-state index contributed by atoms with van der Waals surface area (Å²) in [4.78, 5) is 0. The standard InChI is InChI=1S/C34H54O3/c1-3-5-7-9-11-15-25-33(27-29-35-31-21-17-13-18-22-31)37-34(26-16-12-10-8-6-4-2)28-30-36-32-23-19-14-20-24-32/h13-14,17-24,33-34H,3-12,15-16,25-30H2,1-2H3. The van der Waals surface area contributed by atoms with Crippen LogP contribution < -0.4 is 9.47 Å². The van der Waals surface area contributed by atoms with Crippen molar-refractivity contribution in [3.63, 3.8) is 0 Å². The van der Waals surface area contributed by atoms with Crippen LogP contribution in [-0.2, 0) is 4.74 Å². The molecule has 0 saturated carbocycles. The Bertz CT molecular complexity index is 670. The normalized spacial score (nSPS) is 12.8. The van der Waals surface area contributed by atoms with Gasteiger partial charge in [-0.2, -0.15) is 0 Å². The molecule has 0 spiro atoms. The van der Waals surface area contributed by atoms with Crippen LogP contribution >= 0.6 is 0 Å². The van der Waals surface area contributed by atoms with Crippen LogP contribution in [0.5, 0.6) is 11.5 Å². The van der Waals surface area contributed by atoms with E-state index >= 15 is 0 Å². The fourth-order valence-electron chi connectivity index (χ4n) is 4.79. The maximum Gasteiger partial charge on any atom is 0.119 e. The van der Waals surface area contributed by atoms with Crippen LogP contribution in [0.15, 0.2) is 60.7 Å². The molecule has 0 aliphatic carbocycles. The largest absolute Gasteiger partial charge is 0.493 e. The first-order valence-corrected chi connectivity index (χ1v) is 15.3. The molecule has 0 N–H and O–H groups in total. The molecule has 2 atom stereocenters. The summed E-state index contributed by atoms with van der Waals surface area (Å²) in [6.45, 7) is 5.97. The van der Waals surface area contributed by atoms with Crippen molar-refractivity contribution in [3.05, 3.63) is 60.7 Å². The fraction of sp³-hybridized carbons (Fsp3) is 0.647. The maximum absolute atomic E-state index is 6.82. The van der Waals surface area contributed by atoms with Crippen LogP contribution in [0.2, 0.25) is 0 Å². The van der Waals surface area contributed by atoms with Crippen LogP contribution in [-0.4, -0.2) is 25.4 Å². The van der Waals surface area contributed by atoms with Crippen LogP contribution in [0.25, 0.3) is 0 Å². The van der Waals surface area contributed by atoms with Crippen LogP contribution in [0.3, 0.4) is 0 Å². The van der Waals surface area contributed by atoms with E-state index in [0.717, 1.165) is 37.2 Å². The quantitative estimate of drug-likeness (QED) is 0.131. The average Bonchev–Trinajstić information content (AvgIpc) is 2.93. The van der Waals surface area contributed by atoms with Gasteiger partial charge in [-0.1, -0.05) is 127 Å².